The van der Waals surface area contributed by atoms with Gasteiger partial charge in [0.2, 0.25) is 5.88 Å². The van der Waals surface area contributed by atoms with Gasteiger partial charge in [-0.05, 0) is 25.8 Å². The van der Waals surface area contributed by atoms with Crippen LogP contribution >= 0.6 is 11.8 Å². The van der Waals surface area contributed by atoms with Crippen LogP contribution in [-0.4, -0.2) is 34.6 Å². The van der Waals surface area contributed by atoms with Crippen LogP contribution in [0.25, 0.3) is 0 Å². The second-order valence-electron chi connectivity index (χ2n) is 5.20. The lowest BCUT2D eigenvalue weighted by Gasteiger charge is -2.20. The fourth-order valence-electron chi connectivity index (χ4n) is 2.57. The van der Waals surface area contributed by atoms with E-state index in [2.05, 4.69) is 34.0 Å². The molecule has 1 atom stereocenters. The highest BCUT2D eigenvalue weighted by Crippen LogP contribution is 2.32. The third-order valence-corrected chi connectivity index (χ3v) is 5.12. The minimum absolute atomic E-state index is 0.226. The monoisotopic (exact) mass is 295 g/mol. The van der Waals surface area contributed by atoms with E-state index in [0.717, 1.165) is 29.7 Å². The molecule has 1 unspecified atom stereocenters. The second kappa shape index (κ2) is 8.47. The summed E-state index contributed by atoms with van der Waals surface area (Å²) in [5.74, 6) is 1.69. The highest BCUT2D eigenvalue weighted by Gasteiger charge is 2.22. The Balaban J connectivity index is 2.01. The van der Waals surface area contributed by atoms with Crippen molar-refractivity contribution in [3.63, 3.8) is 0 Å². The Morgan fingerprint density at radius 2 is 2.10 bits per heavy atom. The van der Waals surface area contributed by atoms with Crippen molar-refractivity contribution in [1.29, 1.82) is 0 Å². The van der Waals surface area contributed by atoms with E-state index in [1.54, 1.807) is 19.5 Å². The average Bonchev–Trinajstić information content (AvgIpc) is 3.01. The van der Waals surface area contributed by atoms with Crippen molar-refractivity contribution in [2.75, 3.05) is 19.4 Å². The fraction of sp³-hybridized carbons (Fsp3) is 0.733. The lowest BCUT2D eigenvalue weighted by Crippen LogP contribution is -2.26. The van der Waals surface area contributed by atoms with Gasteiger partial charge in [0.1, 0.15) is 5.69 Å². The van der Waals surface area contributed by atoms with E-state index >= 15 is 0 Å². The minimum Gasteiger partial charge on any atom is -0.480 e. The molecule has 1 aliphatic rings. The summed E-state index contributed by atoms with van der Waals surface area (Å²) < 4.78 is 5.36. The maximum absolute atomic E-state index is 5.36. The number of nitrogens with zero attached hydrogens (tertiary/aromatic N) is 2. The van der Waals surface area contributed by atoms with Crippen LogP contribution in [0.4, 0.5) is 0 Å². The zero-order chi connectivity index (χ0) is 14.2. The summed E-state index contributed by atoms with van der Waals surface area (Å²) in [5.41, 5.74) is 0.939. The van der Waals surface area contributed by atoms with Gasteiger partial charge in [-0.3, -0.25) is 4.98 Å². The number of rotatable bonds is 8. The quantitative estimate of drug-likeness (QED) is 0.798. The predicted octanol–water partition coefficient (Wildman–Crippen LogP) is 3.20. The van der Waals surface area contributed by atoms with Crippen molar-refractivity contribution < 1.29 is 4.74 Å². The highest BCUT2D eigenvalue weighted by atomic mass is 32.2. The Kier molecular flexibility index (Phi) is 6.60. The highest BCUT2D eigenvalue weighted by molar-refractivity contribution is 7.99. The number of ether oxygens (including phenoxy) is 1. The first-order valence-corrected chi connectivity index (χ1v) is 8.60. The van der Waals surface area contributed by atoms with Crippen molar-refractivity contribution in [1.82, 2.24) is 15.3 Å². The Hall–Kier alpha value is -0.810. The van der Waals surface area contributed by atoms with Gasteiger partial charge in [0, 0.05) is 23.4 Å². The van der Waals surface area contributed by atoms with Crippen LogP contribution in [0.1, 0.15) is 50.8 Å². The van der Waals surface area contributed by atoms with E-state index in [-0.39, 0.29) is 6.04 Å². The second-order valence-corrected chi connectivity index (χ2v) is 6.53. The van der Waals surface area contributed by atoms with Gasteiger partial charge >= 0.3 is 0 Å². The molecule has 1 N–H and O–H groups in total. The maximum Gasteiger partial charge on any atom is 0.237 e. The average molecular weight is 295 g/mol. The van der Waals surface area contributed by atoms with Gasteiger partial charge in [-0.2, -0.15) is 11.8 Å². The van der Waals surface area contributed by atoms with E-state index < -0.39 is 0 Å². The van der Waals surface area contributed by atoms with Crippen molar-refractivity contribution in [3.8, 4) is 5.88 Å². The molecule has 0 aromatic carbocycles. The molecule has 1 heterocycles. The molecule has 0 radical (unpaired) electrons. The summed E-state index contributed by atoms with van der Waals surface area (Å²) in [6, 6.07) is 0.226. The summed E-state index contributed by atoms with van der Waals surface area (Å²) in [4.78, 5) is 8.76. The molecule has 1 fully saturated rings. The topological polar surface area (TPSA) is 47.0 Å². The van der Waals surface area contributed by atoms with Gasteiger partial charge in [-0.25, -0.2) is 4.98 Å². The summed E-state index contributed by atoms with van der Waals surface area (Å²) in [5, 5.41) is 4.40. The van der Waals surface area contributed by atoms with Crippen molar-refractivity contribution >= 4 is 11.8 Å². The number of nitrogens with one attached hydrogen (secondary N) is 1. The predicted molar refractivity (Wildman–Crippen MR) is 84.3 cm³/mol. The normalized spacial score (nSPS) is 17.3. The van der Waals surface area contributed by atoms with Gasteiger partial charge < -0.3 is 10.1 Å². The molecule has 5 heteroatoms. The molecule has 1 aromatic heterocycles. The molecule has 112 valence electrons. The first kappa shape index (κ1) is 15.6. The molecule has 20 heavy (non-hydrogen) atoms. The molecular weight excluding hydrogens is 270 g/mol. The first-order chi connectivity index (χ1) is 9.85. The largest absolute Gasteiger partial charge is 0.480 e. The molecule has 1 saturated carbocycles. The van der Waals surface area contributed by atoms with Crippen LogP contribution in [0.5, 0.6) is 5.88 Å². The SMILES string of the molecule is CCCNC(CSC1CCCC1)c1nccnc1OC. The molecule has 0 saturated heterocycles. The standard InChI is InChI=1S/C15H25N3OS/c1-3-8-16-13(11-20-12-6-4-5-7-12)14-15(19-2)18-10-9-17-14/h9-10,12-13,16H,3-8,11H2,1-2H3. The Morgan fingerprint density at radius 3 is 2.80 bits per heavy atom. The fourth-order valence-corrected chi connectivity index (χ4v) is 3.98. The zero-order valence-corrected chi connectivity index (χ0v) is 13.3. The maximum atomic E-state index is 5.36. The van der Waals surface area contributed by atoms with E-state index in [4.69, 9.17) is 4.74 Å². The third kappa shape index (κ3) is 4.35. The number of aromatic nitrogens is 2. The lowest BCUT2D eigenvalue weighted by molar-refractivity contribution is 0.380. The molecule has 0 amide bonds. The van der Waals surface area contributed by atoms with Gasteiger partial charge in [0.15, 0.2) is 0 Å². The molecule has 0 bridgehead atoms. The third-order valence-electron chi connectivity index (χ3n) is 3.66. The van der Waals surface area contributed by atoms with Crippen LogP contribution in [0.2, 0.25) is 0 Å². The molecule has 2 rings (SSSR count). The summed E-state index contributed by atoms with van der Waals surface area (Å²) in [7, 11) is 1.66. The van der Waals surface area contributed by atoms with Gasteiger partial charge in [-0.15, -0.1) is 0 Å². The Labute approximate surface area is 126 Å². The van der Waals surface area contributed by atoms with Crippen LogP contribution in [0, 0.1) is 0 Å². The van der Waals surface area contributed by atoms with Gasteiger partial charge in [-0.1, -0.05) is 19.8 Å². The zero-order valence-electron chi connectivity index (χ0n) is 12.5. The van der Waals surface area contributed by atoms with Crippen molar-refractivity contribution in [2.24, 2.45) is 0 Å². The van der Waals surface area contributed by atoms with E-state index in [0.29, 0.717) is 5.88 Å². The van der Waals surface area contributed by atoms with E-state index in [1.165, 1.54) is 25.7 Å². The summed E-state index contributed by atoms with van der Waals surface area (Å²) >= 11 is 2.07. The number of thioether (sulfide) groups is 1. The number of hydrogen-bond acceptors (Lipinski definition) is 5. The van der Waals surface area contributed by atoms with Crippen LogP contribution in [0.15, 0.2) is 12.4 Å². The smallest absolute Gasteiger partial charge is 0.237 e. The summed E-state index contributed by atoms with van der Waals surface area (Å²) in [6.07, 6.45) is 10.1. The van der Waals surface area contributed by atoms with Gasteiger partial charge in [0.25, 0.3) is 0 Å². The van der Waals surface area contributed by atoms with Crippen LogP contribution in [-0.2, 0) is 0 Å². The van der Waals surface area contributed by atoms with Crippen molar-refractivity contribution in [3.05, 3.63) is 18.1 Å². The molecule has 4 nitrogen and oxygen atoms in total. The molecular formula is C15H25N3OS. The van der Waals surface area contributed by atoms with Gasteiger partial charge in [0.05, 0.1) is 13.2 Å². The van der Waals surface area contributed by atoms with Crippen LogP contribution in [0.3, 0.4) is 0 Å². The summed E-state index contributed by atoms with van der Waals surface area (Å²) in [6.45, 7) is 3.18. The molecule has 0 aliphatic heterocycles. The number of methoxy groups -OCH3 is 1. The van der Waals surface area contributed by atoms with Crippen molar-refractivity contribution in [2.45, 2.75) is 50.3 Å². The minimum atomic E-state index is 0.226. The van der Waals surface area contributed by atoms with E-state index in [9.17, 15) is 0 Å². The molecule has 0 spiro atoms. The van der Waals surface area contributed by atoms with Crippen LogP contribution < -0.4 is 10.1 Å². The Bertz CT molecular complexity index is 396. The molecule has 1 aromatic rings. The lowest BCUT2D eigenvalue weighted by atomic mass is 10.2. The van der Waals surface area contributed by atoms with E-state index in [1.807, 2.05) is 0 Å². The Morgan fingerprint density at radius 1 is 1.35 bits per heavy atom. The number of hydrogen-bond donors (Lipinski definition) is 1. The first-order valence-electron chi connectivity index (χ1n) is 7.55. The molecule has 1 aliphatic carbocycles.